The Balaban J connectivity index is 1.74. The number of nitrogens with zero attached hydrogens (tertiary/aromatic N) is 1. The smallest absolute Gasteiger partial charge is 0.240 e. The van der Waals surface area contributed by atoms with E-state index in [1.807, 2.05) is 0 Å². The van der Waals surface area contributed by atoms with E-state index in [4.69, 9.17) is 0 Å². The molecule has 21 heavy (non-hydrogen) atoms. The molecule has 2 saturated heterocycles. The number of aliphatic hydroxyl groups excluding tert-OH is 1. The number of sulfonamides is 1. The number of hydrogen-bond donors (Lipinski definition) is 2. The van der Waals surface area contributed by atoms with E-state index < -0.39 is 16.1 Å². The van der Waals surface area contributed by atoms with Crippen molar-refractivity contribution in [1.82, 2.24) is 9.62 Å². The lowest BCUT2D eigenvalue weighted by Crippen LogP contribution is -2.42. The molecule has 0 bridgehead atoms. The van der Waals surface area contributed by atoms with Crippen LogP contribution in [0.4, 0.5) is 0 Å². The maximum Gasteiger partial charge on any atom is 0.240 e. The minimum atomic E-state index is -3.48. The SMILES string of the molecule is CC(O)c1ccc(S(=O)(=O)NC2CCN3CCCC23)cc1. The molecule has 6 heteroatoms. The van der Waals surface area contributed by atoms with Gasteiger partial charge in [-0.15, -0.1) is 0 Å². The summed E-state index contributed by atoms with van der Waals surface area (Å²) in [5, 5.41) is 9.48. The van der Waals surface area contributed by atoms with Crippen molar-refractivity contribution in [3.8, 4) is 0 Å². The maximum atomic E-state index is 12.5. The molecule has 2 aliphatic heterocycles. The first-order chi connectivity index (χ1) is 9.97. The molecule has 3 unspecified atom stereocenters. The van der Waals surface area contributed by atoms with Crippen LogP contribution in [0.3, 0.4) is 0 Å². The zero-order chi connectivity index (χ0) is 15.0. The van der Waals surface area contributed by atoms with Crippen molar-refractivity contribution in [2.45, 2.75) is 49.3 Å². The quantitative estimate of drug-likeness (QED) is 0.878. The molecule has 3 rings (SSSR count). The number of hydrogen-bond acceptors (Lipinski definition) is 4. The highest BCUT2D eigenvalue weighted by Gasteiger charge is 2.39. The van der Waals surface area contributed by atoms with Crippen LogP contribution >= 0.6 is 0 Å². The number of aliphatic hydroxyl groups is 1. The topological polar surface area (TPSA) is 69.6 Å². The Labute approximate surface area is 126 Å². The Morgan fingerprint density at radius 3 is 2.62 bits per heavy atom. The minimum absolute atomic E-state index is 0.0222. The summed E-state index contributed by atoms with van der Waals surface area (Å²) in [4.78, 5) is 2.65. The summed E-state index contributed by atoms with van der Waals surface area (Å²) < 4.78 is 27.8. The molecule has 116 valence electrons. The number of rotatable bonds is 4. The molecule has 3 atom stereocenters. The largest absolute Gasteiger partial charge is 0.389 e. The molecule has 2 heterocycles. The molecule has 0 saturated carbocycles. The van der Waals surface area contributed by atoms with E-state index >= 15 is 0 Å². The van der Waals surface area contributed by atoms with Crippen LogP contribution in [0.1, 0.15) is 37.9 Å². The third kappa shape index (κ3) is 2.99. The van der Waals surface area contributed by atoms with Gasteiger partial charge in [0, 0.05) is 18.6 Å². The Kier molecular flexibility index (Phi) is 4.05. The molecular weight excluding hydrogens is 288 g/mol. The third-order valence-electron chi connectivity index (χ3n) is 4.59. The van der Waals surface area contributed by atoms with Crippen LogP contribution in [0.5, 0.6) is 0 Å². The Morgan fingerprint density at radius 1 is 1.24 bits per heavy atom. The fourth-order valence-corrected chi connectivity index (χ4v) is 4.72. The number of fused-ring (bicyclic) bond motifs is 1. The van der Waals surface area contributed by atoms with Gasteiger partial charge in [-0.05, 0) is 50.4 Å². The molecule has 2 fully saturated rings. The van der Waals surface area contributed by atoms with Crippen molar-refractivity contribution in [2.24, 2.45) is 0 Å². The first-order valence-electron chi connectivity index (χ1n) is 7.52. The molecule has 0 aromatic heterocycles. The summed E-state index contributed by atoms with van der Waals surface area (Å²) in [5.41, 5.74) is 0.719. The van der Waals surface area contributed by atoms with Gasteiger partial charge in [0.1, 0.15) is 0 Å². The molecule has 2 N–H and O–H groups in total. The third-order valence-corrected chi connectivity index (χ3v) is 6.09. The highest BCUT2D eigenvalue weighted by atomic mass is 32.2. The van der Waals surface area contributed by atoms with E-state index in [2.05, 4.69) is 9.62 Å². The predicted molar refractivity (Wildman–Crippen MR) is 80.4 cm³/mol. The summed E-state index contributed by atoms with van der Waals surface area (Å²) >= 11 is 0. The monoisotopic (exact) mass is 310 g/mol. The van der Waals surface area contributed by atoms with Crippen LogP contribution in [0, 0.1) is 0 Å². The summed E-state index contributed by atoms with van der Waals surface area (Å²) in [5.74, 6) is 0. The average Bonchev–Trinajstić information content (AvgIpc) is 3.04. The number of benzene rings is 1. The molecule has 5 nitrogen and oxygen atoms in total. The summed E-state index contributed by atoms with van der Waals surface area (Å²) in [6.07, 6.45) is 2.53. The zero-order valence-corrected chi connectivity index (χ0v) is 13.0. The fourth-order valence-electron chi connectivity index (χ4n) is 3.41. The first-order valence-corrected chi connectivity index (χ1v) is 9.00. The standard InChI is InChI=1S/C15H22N2O3S/c1-11(18)12-4-6-13(7-5-12)21(19,20)16-14-8-10-17-9-2-3-15(14)17/h4-7,11,14-16,18H,2-3,8-10H2,1H3. The normalized spacial score (nSPS) is 27.7. The van der Waals surface area contributed by atoms with Crippen molar-refractivity contribution in [3.63, 3.8) is 0 Å². The van der Waals surface area contributed by atoms with E-state index in [1.54, 1.807) is 31.2 Å². The number of nitrogens with one attached hydrogen (secondary N) is 1. The average molecular weight is 310 g/mol. The summed E-state index contributed by atoms with van der Waals surface area (Å²) in [6, 6.07) is 6.83. The lowest BCUT2D eigenvalue weighted by Gasteiger charge is -2.21. The molecule has 0 amide bonds. The molecule has 1 aromatic rings. The van der Waals surface area contributed by atoms with E-state index in [0.717, 1.165) is 37.9 Å². The van der Waals surface area contributed by atoms with E-state index in [-0.39, 0.29) is 10.9 Å². The van der Waals surface area contributed by atoms with Gasteiger partial charge in [0.05, 0.1) is 11.0 Å². The maximum absolute atomic E-state index is 12.5. The van der Waals surface area contributed by atoms with Crippen molar-refractivity contribution in [2.75, 3.05) is 13.1 Å². The highest BCUT2D eigenvalue weighted by Crippen LogP contribution is 2.29. The van der Waals surface area contributed by atoms with E-state index in [1.165, 1.54) is 0 Å². The van der Waals surface area contributed by atoms with Crippen LogP contribution in [-0.4, -0.2) is 43.6 Å². The zero-order valence-electron chi connectivity index (χ0n) is 12.2. The Hall–Kier alpha value is -0.950. The van der Waals surface area contributed by atoms with Crippen LogP contribution < -0.4 is 4.72 Å². The molecular formula is C15H22N2O3S. The van der Waals surface area contributed by atoms with Crippen LogP contribution in [0.25, 0.3) is 0 Å². The lowest BCUT2D eigenvalue weighted by atomic mass is 10.1. The van der Waals surface area contributed by atoms with Gasteiger partial charge in [-0.25, -0.2) is 13.1 Å². The highest BCUT2D eigenvalue weighted by molar-refractivity contribution is 7.89. The second-order valence-corrected chi connectivity index (χ2v) is 7.72. The van der Waals surface area contributed by atoms with Gasteiger partial charge in [-0.3, -0.25) is 4.90 Å². The van der Waals surface area contributed by atoms with Crippen molar-refractivity contribution in [1.29, 1.82) is 0 Å². The van der Waals surface area contributed by atoms with Crippen molar-refractivity contribution < 1.29 is 13.5 Å². The lowest BCUT2D eigenvalue weighted by molar-refractivity contribution is 0.199. The van der Waals surface area contributed by atoms with Gasteiger partial charge in [0.2, 0.25) is 10.0 Å². The van der Waals surface area contributed by atoms with Gasteiger partial charge in [-0.2, -0.15) is 0 Å². The second kappa shape index (κ2) is 5.68. The Morgan fingerprint density at radius 2 is 1.95 bits per heavy atom. The van der Waals surface area contributed by atoms with Gasteiger partial charge in [0.15, 0.2) is 0 Å². The molecule has 1 aromatic carbocycles. The second-order valence-electron chi connectivity index (χ2n) is 6.01. The van der Waals surface area contributed by atoms with E-state index in [0.29, 0.717) is 6.04 Å². The van der Waals surface area contributed by atoms with Crippen molar-refractivity contribution >= 4 is 10.0 Å². The summed E-state index contributed by atoms with van der Waals surface area (Å²) in [6.45, 7) is 3.74. The minimum Gasteiger partial charge on any atom is -0.389 e. The van der Waals surface area contributed by atoms with Gasteiger partial charge >= 0.3 is 0 Å². The predicted octanol–water partition coefficient (Wildman–Crippen LogP) is 1.25. The first kappa shape index (κ1) is 15.0. The van der Waals surface area contributed by atoms with Gasteiger partial charge < -0.3 is 5.11 Å². The Bertz CT molecular complexity index is 598. The summed E-state index contributed by atoms with van der Waals surface area (Å²) in [7, 11) is -3.48. The van der Waals surface area contributed by atoms with Gasteiger partial charge in [-0.1, -0.05) is 12.1 Å². The van der Waals surface area contributed by atoms with Crippen LogP contribution in [-0.2, 0) is 10.0 Å². The van der Waals surface area contributed by atoms with Crippen LogP contribution in [0.2, 0.25) is 0 Å². The van der Waals surface area contributed by atoms with Crippen LogP contribution in [0.15, 0.2) is 29.2 Å². The molecule has 2 aliphatic rings. The molecule has 0 aliphatic carbocycles. The van der Waals surface area contributed by atoms with Gasteiger partial charge in [0.25, 0.3) is 0 Å². The molecule has 0 radical (unpaired) electrons. The van der Waals surface area contributed by atoms with Crippen molar-refractivity contribution in [3.05, 3.63) is 29.8 Å². The fraction of sp³-hybridized carbons (Fsp3) is 0.600. The van der Waals surface area contributed by atoms with E-state index in [9.17, 15) is 13.5 Å². The molecule has 0 spiro atoms.